The molecule has 0 unspecified atom stereocenters. The molecule has 3 aromatic carbocycles. The van der Waals surface area contributed by atoms with Crippen molar-refractivity contribution in [3.05, 3.63) is 93.5 Å². The van der Waals surface area contributed by atoms with Gasteiger partial charge < -0.3 is 10.2 Å². The van der Waals surface area contributed by atoms with Gasteiger partial charge in [-0.2, -0.15) is 0 Å². The number of hydrogen-bond acceptors (Lipinski definition) is 2. The van der Waals surface area contributed by atoms with Crippen molar-refractivity contribution >= 4 is 69.6 Å². The Hall–Kier alpha value is -2.38. The molecule has 0 bridgehead atoms. The van der Waals surface area contributed by atoms with E-state index in [0.29, 0.717) is 11.3 Å². The summed E-state index contributed by atoms with van der Waals surface area (Å²) in [4.78, 5) is 27.2. The van der Waals surface area contributed by atoms with Crippen LogP contribution < -0.4 is 10.2 Å². The summed E-state index contributed by atoms with van der Waals surface area (Å²) in [6.07, 6.45) is 0. The highest BCUT2D eigenvalue weighted by atomic mass is 35.5. The molecular formula is C24H16Cl4F2N2O2. The van der Waals surface area contributed by atoms with Gasteiger partial charge in [-0.15, -0.1) is 23.2 Å². The van der Waals surface area contributed by atoms with Gasteiger partial charge in [-0.1, -0.05) is 23.2 Å². The van der Waals surface area contributed by atoms with Crippen molar-refractivity contribution in [1.82, 2.24) is 0 Å². The van der Waals surface area contributed by atoms with Gasteiger partial charge in [-0.05, 0) is 66.2 Å². The summed E-state index contributed by atoms with van der Waals surface area (Å²) < 4.78 is 25.5. The first-order chi connectivity index (χ1) is 16.0. The van der Waals surface area contributed by atoms with Gasteiger partial charge in [0.1, 0.15) is 16.0 Å². The fourth-order valence-corrected chi connectivity index (χ4v) is 5.03. The van der Waals surface area contributed by atoms with Gasteiger partial charge in [0, 0.05) is 29.4 Å². The fraction of sp³-hybridized carbons (Fsp3) is 0.167. The van der Waals surface area contributed by atoms with Crippen LogP contribution in [-0.2, 0) is 4.79 Å². The van der Waals surface area contributed by atoms with Crippen LogP contribution in [0.15, 0.2) is 60.7 Å². The number of nitrogens with zero attached hydrogens (tertiary/aromatic N) is 1. The molecule has 0 heterocycles. The normalized spacial score (nSPS) is 18.3. The van der Waals surface area contributed by atoms with Crippen LogP contribution in [0.5, 0.6) is 0 Å². The van der Waals surface area contributed by atoms with Crippen molar-refractivity contribution in [3.8, 4) is 0 Å². The molecule has 2 atom stereocenters. The zero-order valence-corrected chi connectivity index (χ0v) is 20.5. The molecule has 3 aromatic rings. The van der Waals surface area contributed by atoms with Crippen LogP contribution in [-0.4, -0.2) is 23.2 Å². The number of hydrogen-bond donors (Lipinski definition) is 1. The van der Waals surface area contributed by atoms with Gasteiger partial charge >= 0.3 is 0 Å². The number of rotatable bonds is 5. The maximum Gasteiger partial charge on any atom is 0.259 e. The Morgan fingerprint density at radius 2 is 1.62 bits per heavy atom. The molecule has 0 spiro atoms. The van der Waals surface area contributed by atoms with Crippen LogP contribution >= 0.6 is 46.4 Å². The first-order valence-corrected chi connectivity index (χ1v) is 11.5. The average Bonchev–Trinajstić information content (AvgIpc) is 3.36. The molecule has 2 amide bonds. The average molecular weight is 544 g/mol. The van der Waals surface area contributed by atoms with Crippen molar-refractivity contribution < 1.29 is 18.4 Å². The maximum absolute atomic E-state index is 13.8. The molecule has 0 aliphatic heterocycles. The standard InChI is InChI=1S/C24H16Cl4F2N2O2/c1-32(17-5-2-14(29)3-6-17)23(34)18-11-16(4-7-19(18)26)31-22(33)21-20(24(21,27)28)12-8-13(25)10-15(30)9-12/h2-11,20-21H,1H3,(H,31,33)/t20-,21+/m1/s1. The van der Waals surface area contributed by atoms with E-state index in [-0.39, 0.29) is 21.3 Å². The first-order valence-electron chi connectivity index (χ1n) is 9.97. The molecule has 1 aliphatic carbocycles. The molecular weight excluding hydrogens is 528 g/mol. The van der Waals surface area contributed by atoms with Crippen LogP contribution in [0.1, 0.15) is 21.8 Å². The minimum atomic E-state index is -1.45. The number of benzene rings is 3. The van der Waals surface area contributed by atoms with E-state index in [2.05, 4.69) is 5.32 Å². The molecule has 1 fully saturated rings. The smallest absolute Gasteiger partial charge is 0.259 e. The number of carbonyl (C=O) groups is 2. The lowest BCUT2D eigenvalue weighted by molar-refractivity contribution is -0.117. The third-order valence-electron chi connectivity index (χ3n) is 5.56. The predicted octanol–water partition coefficient (Wildman–Crippen LogP) is 7.07. The minimum absolute atomic E-state index is 0.124. The summed E-state index contributed by atoms with van der Waals surface area (Å²) in [5, 5.41) is 3.01. The molecule has 10 heteroatoms. The highest BCUT2D eigenvalue weighted by Gasteiger charge is 2.67. The molecule has 176 valence electrons. The zero-order chi connectivity index (χ0) is 24.8. The molecule has 0 saturated heterocycles. The Kier molecular flexibility index (Phi) is 6.80. The van der Waals surface area contributed by atoms with Gasteiger partial charge in [-0.25, -0.2) is 8.78 Å². The Balaban J connectivity index is 1.53. The van der Waals surface area contributed by atoms with E-state index in [1.807, 2.05) is 0 Å². The van der Waals surface area contributed by atoms with E-state index in [4.69, 9.17) is 46.4 Å². The van der Waals surface area contributed by atoms with E-state index in [0.717, 1.165) is 6.07 Å². The lowest BCUT2D eigenvalue weighted by Crippen LogP contribution is -2.26. The van der Waals surface area contributed by atoms with Crippen molar-refractivity contribution in [2.24, 2.45) is 5.92 Å². The Bertz CT molecular complexity index is 1260. The molecule has 34 heavy (non-hydrogen) atoms. The van der Waals surface area contributed by atoms with Crippen LogP contribution in [0.25, 0.3) is 0 Å². The second-order valence-corrected chi connectivity index (χ2v) is 10.1. The minimum Gasteiger partial charge on any atom is -0.326 e. The van der Waals surface area contributed by atoms with E-state index < -0.39 is 39.6 Å². The van der Waals surface area contributed by atoms with Gasteiger partial charge in [0.05, 0.1) is 16.5 Å². The number of carbonyl (C=O) groups excluding carboxylic acids is 2. The summed E-state index contributed by atoms with van der Waals surface area (Å²) in [6, 6.07) is 13.7. The highest BCUT2D eigenvalue weighted by Crippen LogP contribution is 2.65. The first kappa shape index (κ1) is 24.7. The molecule has 0 aromatic heterocycles. The molecule has 1 saturated carbocycles. The second kappa shape index (κ2) is 9.34. The Labute approximate surface area is 214 Å². The molecule has 0 radical (unpaired) electrons. The monoisotopic (exact) mass is 542 g/mol. The molecule has 1 N–H and O–H groups in total. The summed E-state index contributed by atoms with van der Waals surface area (Å²) in [7, 11) is 1.52. The zero-order valence-electron chi connectivity index (χ0n) is 17.5. The van der Waals surface area contributed by atoms with Gasteiger partial charge in [-0.3, -0.25) is 9.59 Å². The predicted molar refractivity (Wildman–Crippen MR) is 131 cm³/mol. The highest BCUT2D eigenvalue weighted by molar-refractivity contribution is 6.53. The number of amides is 2. The van der Waals surface area contributed by atoms with Gasteiger partial charge in [0.15, 0.2) is 0 Å². The topological polar surface area (TPSA) is 49.4 Å². The van der Waals surface area contributed by atoms with E-state index in [1.165, 1.54) is 66.5 Å². The quantitative estimate of drug-likeness (QED) is 0.350. The Morgan fingerprint density at radius 1 is 0.941 bits per heavy atom. The second-order valence-electron chi connectivity index (χ2n) is 7.86. The van der Waals surface area contributed by atoms with E-state index in [1.54, 1.807) is 0 Å². The summed E-state index contributed by atoms with van der Waals surface area (Å²) in [5.74, 6) is -3.50. The third-order valence-corrected chi connectivity index (χ3v) is 7.05. The number of halogens is 6. The van der Waals surface area contributed by atoms with E-state index in [9.17, 15) is 18.4 Å². The SMILES string of the molecule is CN(C(=O)c1cc(NC(=O)[C@@H]2[C@@H](c3cc(F)cc(Cl)c3)C2(Cl)Cl)ccc1Cl)c1ccc(F)cc1. The van der Waals surface area contributed by atoms with Crippen molar-refractivity contribution in [1.29, 1.82) is 0 Å². The van der Waals surface area contributed by atoms with Crippen LogP contribution in [0.3, 0.4) is 0 Å². The van der Waals surface area contributed by atoms with Crippen LogP contribution in [0, 0.1) is 17.6 Å². The lowest BCUT2D eigenvalue weighted by atomic mass is 10.1. The van der Waals surface area contributed by atoms with Crippen molar-refractivity contribution in [2.45, 2.75) is 10.3 Å². The summed E-state index contributed by atoms with van der Waals surface area (Å²) in [6.45, 7) is 0. The fourth-order valence-electron chi connectivity index (χ4n) is 3.77. The largest absolute Gasteiger partial charge is 0.326 e. The van der Waals surface area contributed by atoms with Crippen molar-refractivity contribution in [2.75, 3.05) is 17.3 Å². The van der Waals surface area contributed by atoms with Crippen molar-refractivity contribution in [3.63, 3.8) is 0 Å². The van der Waals surface area contributed by atoms with E-state index >= 15 is 0 Å². The summed E-state index contributed by atoms with van der Waals surface area (Å²) >= 11 is 24.8. The third kappa shape index (κ3) is 4.86. The van der Waals surface area contributed by atoms with Crippen LogP contribution in [0.4, 0.5) is 20.2 Å². The number of anilines is 2. The van der Waals surface area contributed by atoms with Gasteiger partial charge in [0.2, 0.25) is 5.91 Å². The van der Waals surface area contributed by atoms with Crippen LogP contribution in [0.2, 0.25) is 10.0 Å². The molecule has 4 nitrogen and oxygen atoms in total. The van der Waals surface area contributed by atoms with Gasteiger partial charge in [0.25, 0.3) is 5.91 Å². The molecule has 1 aliphatic rings. The maximum atomic E-state index is 13.8. The number of alkyl halides is 2. The Morgan fingerprint density at radius 3 is 2.26 bits per heavy atom. The lowest BCUT2D eigenvalue weighted by Gasteiger charge is -2.18. The summed E-state index contributed by atoms with van der Waals surface area (Å²) in [5.41, 5.74) is 1.28. The molecule has 4 rings (SSSR count). The number of nitrogens with one attached hydrogen (secondary N) is 1.